The summed E-state index contributed by atoms with van der Waals surface area (Å²) in [5.74, 6) is 0.215. The number of aromatic nitrogens is 1. The molecule has 0 unspecified atom stereocenters. The van der Waals surface area contributed by atoms with E-state index in [0.29, 0.717) is 5.52 Å². The fraction of sp³-hybridized carbons (Fsp3) is 0.0870. The van der Waals surface area contributed by atoms with Gasteiger partial charge in [-0.2, -0.15) is 8.42 Å². The zero-order chi connectivity index (χ0) is 19.7. The summed E-state index contributed by atoms with van der Waals surface area (Å²) in [6.45, 7) is 3.94. The van der Waals surface area contributed by atoms with Gasteiger partial charge >= 0.3 is 10.1 Å². The molecule has 0 atom stereocenters. The number of aryl methyl sites for hydroxylation is 2. The lowest BCUT2D eigenvalue weighted by atomic mass is 10.0. The summed E-state index contributed by atoms with van der Waals surface area (Å²) < 4.78 is 30.9. The van der Waals surface area contributed by atoms with Gasteiger partial charge < -0.3 is 4.18 Å². The third-order valence-corrected chi connectivity index (χ3v) is 5.85. The number of fused-ring (bicyclic) bond motifs is 1. The highest BCUT2D eigenvalue weighted by molar-refractivity contribution is 7.87. The van der Waals surface area contributed by atoms with E-state index in [4.69, 9.17) is 4.18 Å². The van der Waals surface area contributed by atoms with Gasteiger partial charge in [0, 0.05) is 11.6 Å². The summed E-state index contributed by atoms with van der Waals surface area (Å²) in [5, 5.41) is 0.836. The van der Waals surface area contributed by atoms with Crippen molar-refractivity contribution in [2.24, 2.45) is 0 Å². The van der Waals surface area contributed by atoms with Crippen LogP contribution >= 0.6 is 0 Å². The van der Waals surface area contributed by atoms with E-state index in [1.807, 2.05) is 50.2 Å². The van der Waals surface area contributed by atoms with Crippen LogP contribution in [0.5, 0.6) is 5.75 Å². The minimum atomic E-state index is -3.94. The number of para-hydroxylation sites is 1. The minimum Gasteiger partial charge on any atom is -0.377 e. The van der Waals surface area contributed by atoms with Crippen LogP contribution in [-0.2, 0) is 10.1 Å². The Kier molecular flexibility index (Phi) is 4.61. The van der Waals surface area contributed by atoms with Gasteiger partial charge in [-0.05, 0) is 49.2 Å². The second-order valence-corrected chi connectivity index (χ2v) is 8.27. The van der Waals surface area contributed by atoms with Gasteiger partial charge in [-0.1, -0.05) is 59.7 Å². The summed E-state index contributed by atoms with van der Waals surface area (Å²) in [6.07, 6.45) is 1.67. The van der Waals surface area contributed by atoms with Crippen LogP contribution in [0.4, 0.5) is 0 Å². The monoisotopic (exact) mass is 389 g/mol. The van der Waals surface area contributed by atoms with Crippen molar-refractivity contribution in [2.75, 3.05) is 0 Å². The average Bonchev–Trinajstić information content (AvgIpc) is 2.69. The van der Waals surface area contributed by atoms with E-state index in [1.54, 1.807) is 42.6 Å². The van der Waals surface area contributed by atoms with Crippen LogP contribution in [0.15, 0.2) is 83.9 Å². The summed E-state index contributed by atoms with van der Waals surface area (Å²) in [5.41, 5.74) is 4.68. The van der Waals surface area contributed by atoms with Crippen LogP contribution < -0.4 is 4.18 Å². The summed E-state index contributed by atoms with van der Waals surface area (Å²) >= 11 is 0. The molecule has 0 radical (unpaired) electrons. The van der Waals surface area contributed by atoms with Gasteiger partial charge in [0.1, 0.15) is 10.4 Å². The first-order valence-electron chi connectivity index (χ1n) is 8.90. The Morgan fingerprint density at radius 3 is 2.11 bits per heavy atom. The predicted octanol–water partition coefficient (Wildman–Crippen LogP) is 5.29. The topological polar surface area (TPSA) is 56.3 Å². The average molecular weight is 389 g/mol. The van der Waals surface area contributed by atoms with Crippen molar-refractivity contribution < 1.29 is 12.6 Å². The first kappa shape index (κ1) is 18.2. The van der Waals surface area contributed by atoms with Crippen LogP contribution in [-0.4, -0.2) is 13.4 Å². The Labute approximate surface area is 164 Å². The lowest BCUT2D eigenvalue weighted by Gasteiger charge is -2.12. The molecule has 0 saturated heterocycles. The van der Waals surface area contributed by atoms with Gasteiger partial charge in [-0.25, -0.2) is 0 Å². The minimum absolute atomic E-state index is 0.116. The van der Waals surface area contributed by atoms with Crippen molar-refractivity contribution in [2.45, 2.75) is 18.7 Å². The molecule has 28 heavy (non-hydrogen) atoms. The molecule has 0 aliphatic heterocycles. The van der Waals surface area contributed by atoms with Crippen molar-refractivity contribution >= 4 is 21.0 Å². The molecule has 4 rings (SSSR count). The Hall–Kier alpha value is -3.18. The van der Waals surface area contributed by atoms with Gasteiger partial charge in [0.2, 0.25) is 0 Å². The van der Waals surface area contributed by atoms with Crippen molar-refractivity contribution in [1.82, 2.24) is 4.98 Å². The van der Waals surface area contributed by atoms with E-state index in [-0.39, 0.29) is 10.6 Å². The molecule has 0 spiro atoms. The molecule has 0 aliphatic carbocycles. The highest BCUT2D eigenvalue weighted by Crippen LogP contribution is 2.33. The van der Waals surface area contributed by atoms with Crippen LogP contribution in [0.25, 0.3) is 22.0 Å². The third kappa shape index (κ3) is 3.49. The Bertz CT molecular complexity index is 1250. The quantitative estimate of drug-likeness (QED) is 0.445. The summed E-state index contributed by atoms with van der Waals surface area (Å²) in [6, 6.07) is 22.0. The van der Waals surface area contributed by atoms with Crippen molar-refractivity contribution in [3.8, 4) is 16.9 Å². The van der Waals surface area contributed by atoms with E-state index in [2.05, 4.69) is 4.98 Å². The van der Waals surface area contributed by atoms with Gasteiger partial charge in [0.25, 0.3) is 0 Å². The zero-order valence-corrected chi connectivity index (χ0v) is 16.4. The number of hydrogen-bond donors (Lipinski definition) is 0. The largest absolute Gasteiger partial charge is 0.377 e. The molecule has 0 saturated carbocycles. The molecule has 0 amide bonds. The third-order valence-electron chi connectivity index (χ3n) is 4.61. The number of hydrogen-bond acceptors (Lipinski definition) is 4. The van der Waals surface area contributed by atoms with Gasteiger partial charge in [-0.15, -0.1) is 0 Å². The molecule has 0 aliphatic rings. The number of pyridine rings is 1. The Balaban J connectivity index is 1.80. The Morgan fingerprint density at radius 2 is 1.43 bits per heavy atom. The fourth-order valence-electron chi connectivity index (χ4n) is 3.07. The standard InChI is InChI=1S/C23H19NO3S/c1-16-6-10-18(11-7-16)20-14-15-24-23-21(20)4-3-5-22(23)27-28(25,26)19-12-8-17(2)9-13-19/h3-15H,1-2H3. The lowest BCUT2D eigenvalue weighted by molar-refractivity contribution is 0.488. The molecule has 4 nitrogen and oxygen atoms in total. The van der Waals surface area contributed by atoms with Gasteiger partial charge in [0.15, 0.2) is 5.75 Å². The summed E-state index contributed by atoms with van der Waals surface area (Å²) in [7, 11) is -3.94. The maximum Gasteiger partial charge on any atom is 0.339 e. The molecular weight excluding hydrogens is 370 g/mol. The van der Waals surface area contributed by atoms with Crippen LogP contribution in [0.1, 0.15) is 11.1 Å². The highest BCUT2D eigenvalue weighted by atomic mass is 32.2. The highest BCUT2D eigenvalue weighted by Gasteiger charge is 2.19. The molecule has 4 aromatic rings. The first-order valence-corrected chi connectivity index (χ1v) is 10.3. The summed E-state index contributed by atoms with van der Waals surface area (Å²) in [4.78, 5) is 4.50. The lowest BCUT2D eigenvalue weighted by Crippen LogP contribution is -2.10. The van der Waals surface area contributed by atoms with E-state index < -0.39 is 10.1 Å². The molecule has 5 heteroatoms. The van der Waals surface area contributed by atoms with Crippen molar-refractivity contribution in [3.63, 3.8) is 0 Å². The van der Waals surface area contributed by atoms with Crippen LogP contribution in [0.2, 0.25) is 0 Å². The van der Waals surface area contributed by atoms with E-state index in [1.165, 1.54) is 5.56 Å². The first-order chi connectivity index (χ1) is 13.4. The normalized spacial score (nSPS) is 11.5. The number of benzene rings is 3. The maximum absolute atomic E-state index is 12.7. The van der Waals surface area contributed by atoms with Crippen molar-refractivity contribution in [1.29, 1.82) is 0 Å². The molecule has 3 aromatic carbocycles. The second-order valence-electron chi connectivity index (χ2n) is 6.73. The molecule has 140 valence electrons. The van der Waals surface area contributed by atoms with Gasteiger partial charge in [0.05, 0.1) is 0 Å². The molecule has 0 N–H and O–H groups in total. The molecule has 1 heterocycles. The van der Waals surface area contributed by atoms with Crippen molar-refractivity contribution in [3.05, 3.63) is 90.1 Å². The van der Waals surface area contributed by atoms with E-state index in [9.17, 15) is 8.42 Å². The molecule has 1 aromatic heterocycles. The Morgan fingerprint density at radius 1 is 0.786 bits per heavy atom. The zero-order valence-electron chi connectivity index (χ0n) is 15.6. The van der Waals surface area contributed by atoms with Crippen LogP contribution in [0, 0.1) is 13.8 Å². The van der Waals surface area contributed by atoms with Gasteiger partial charge in [-0.3, -0.25) is 4.98 Å². The van der Waals surface area contributed by atoms with E-state index >= 15 is 0 Å². The molecule has 0 bridgehead atoms. The fourth-order valence-corrected chi connectivity index (χ4v) is 4.01. The maximum atomic E-state index is 12.7. The second kappa shape index (κ2) is 7.09. The SMILES string of the molecule is Cc1ccc(-c2ccnc3c(OS(=O)(=O)c4ccc(C)cc4)cccc23)cc1. The molecule has 0 fully saturated rings. The van der Waals surface area contributed by atoms with E-state index in [0.717, 1.165) is 22.1 Å². The van der Waals surface area contributed by atoms with Crippen LogP contribution in [0.3, 0.4) is 0 Å². The predicted molar refractivity (Wildman–Crippen MR) is 111 cm³/mol. The number of nitrogens with zero attached hydrogens (tertiary/aromatic N) is 1. The molecular formula is C23H19NO3S. The smallest absolute Gasteiger partial charge is 0.339 e. The number of rotatable bonds is 4.